The molecular weight excluding hydrogens is 330 g/mol. The smallest absolute Gasteiger partial charge is 0.326 e. The van der Waals surface area contributed by atoms with Crippen LogP contribution in [-0.2, 0) is 22.6 Å². The number of aromatic nitrogens is 2. The number of fused-ring (bicyclic) bond motifs is 1. The molecule has 6 nitrogen and oxygen atoms in total. The zero-order valence-corrected chi connectivity index (χ0v) is 14.6. The summed E-state index contributed by atoms with van der Waals surface area (Å²) in [5.74, 6) is -1.31. The first-order chi connectivity index (χ1) is 12.5. The maximum absolute atomic E-state index is 12.2. The highest BCUT2D eigenvalue weighted by atomic mass is 16.4. The summed E-state index contributed by atoms with van der Waals surface area (Å²) in [5, 5.41) is 13.1. The molecule has 0 aliphatic rings. The van der Waals surface area contributed by atoms with E-state index in [2.05, 4.69) is 10.3 Å². The number of pyridine rings is 1. The summed E-state index contributed by atoms with van der Waals surface area (Å²) >= 11 is 0. The molecule has 0 aliphatic carbocycles. The van der Waals surface area contributed by atoms with Gasteiger partial charge in [0.1, 0.15) is 6.04 Å². The minimum atomic E-state index is -1.04. The van der Waals surface area contributed by atoms with E-state index < -0.39 is 12.0 Å². The first kappa shape index (κ1) is 17.7. The lowest BCUT2D eigenvalue weighted by atomic mass is 10.0. The van der Waals surface area contributed by atoms with Crippen molar-refractivity contribution in [2.45, 2.75) is 32.4 Å². The Kier molecular flexibility index (Phi) is 5.31. The molecule has 3 rings (SSSR count). The molecule has 3 N–H and O–H groups in total. The number of carboxylic acid groups (broad SMARTS) is 1. The average molecular weight is 352 g/mol. The fourth-order valence-electron chi connectivity index (χ4n) is 2.90. The molecule has 1 atom stereocenters. The number of nitrogens with zero attached hydrogens (tertiary/aromatic N) is 1. The Hall–Kier alpha value is -3.15. The van der Waals surface area contributed by atoms with Crippen LogP contribution in [0, 0.1) is 6.92 Å². The quantitative estimate of drug-likeness (QED) is 0.568. The van der Waals surface area contributed by atoms with Crippen LogP contribution in [0.15, 0.2) is 55.0 Å². The van der Waals surface area contributed by atoms with Gasteiger partial charge in [-0.25, -0.2) is 9.36 Å². The molecule has 6 heteroatoms. The van der Waals surface area contributed by atoms with Crippen molar-refractivity contribution in [1.82, 2.24) is 10.3 Å². The van der Waals surface area contributed by atoms with E-state index in [9.17, 15) is 14.7 Å². The molecule has 134 valence electrons. The molecule has 3 aromatic rings. The van der Waals surface area contributed by atoms with Crippen LogP contribution in [0.3, 0.4) is 0 Å². The van der Waals surface area contributed by atoms with Crippen molar-refractivity contribution in [3.05, 3.63) is 66.1 Å². The molecule has 1 aromatic carbocycles. The molecule has 1 amide bonds. The van der Waals surface area contributed by atoms with Gasteiger partial charge >= 0.3 is 5.97 Å². The SMILES string of the molecule is Cc1cc[n+](CCC(=O)NC(Cc2c[nH]c3ccccc23)C(=O)O)cc1. The largest absolute Gasteiger partial charge is 0.480 e. The van der Waals surface area contributed by atoms with E-state index in [1.165, 1.54) is 0 Å². The van der Waals surface area contributed by atoms with Crippen LogP contribution in [0.5, 0.6) is 0 Å². The normalized spacial score (nSPS) is 12.0. The zero-order chi connectivity index (χ0) is 18.5. The number of para-hydroxylation sites is 1. The van der Waals surface area contributed by atoms with Gasteiger partial charge in [0, 0.05) is 35.7 Å². The lowest BCUT2D eigenvalue weighted by Gasteiger charge is -2.13. The van der Waals surface area contributed by atoms with Crippen molar-refractivity contribution in [3.8, 4) is 0 Å². The van der Waals surface area contributed by atoms with Gasteiger partial charge in [0.05, 0.1) is 6.42 Å². The number of H-pyrrole nitrogens is 1. The number of amides is 1. The van der Waals surface area contributed by atoms with E-state index in [4.69, 9.17) is 0 Å². The van der Waals surface area contributed by atoms with Crippen molar-refractivity contribution in [2.24, 2.45) is 0 Å². The lowest BCUT2D eigenvalue weighted by molar-refractivity contribution is -0.695. The van der Waals surface area contributed by atoms with Gasteiger partial charge in [0.25, 0.3) is 0 Å². The van der Waals surface area contributed by atoms with Crippen LogP contribution in [0.4, 0.5) is 0 Å². The second-order valence-electron chi connectivity index (χ2n) is 6.39. The monoisotopic (exact) mass is 352 g/mol. The lowest BCUT2D eigenvalue weighted by Crippen LogP contribution is -2.44. The molecule has 0 saturated heterocycles. The van der Waals surface area contributed by atoms with Gasteiger partial charge in [0.2, 0.25) is 5.91 Å². The van der Waals surface area contributed by atoms with E-state index in [-0.39, 0.29) is 18.7 Å². The summed E-state index contributed by atoms with van der Waals surface area (Å²) in [5.41, 5.74) is 2.98. The van der Waals surface area contributed by atoms with E-state index in [0.29, 0.717) is 6.54 Å². The van der Waals surface area contributed by atoms with E-state index in [1.54, 1.807) is 6.20 Å². The topological polar surface area (TPSA) is 86.1 Å². The van der Waals surface area contributed by atoms with Gasteiger partial charge in [-0.2, -0.15) is 0 Å². The Morgan fingerprint density at radius 3 is 2.65 bits per heavy atom. The number of rotatable bonds is 7. The van der Waals surface area contributed by atoms with Crippen LogP contribution in [-0.4, -0.2) is 28.0 Å². The second kappa shape index (κ2) is 7.82. The molecular formula is C20H22N3O3+. The van der Waals surface area contributed by atoms with E-state index in [0.717, 1.165) is 22.0 Å². The van der Waals surface area contributed by atoms with E-state index >= 15 is 0 Å². The number of carbonyl (C=O) groups is 2. The van der Waals surface area contributed by atoms with Crippen LogP contribution in [0.2, 0.25) is 0 Å². The van der Waals surface area contributed by atoms with Crippen molar-refractivity contribution in [2.75, 3.05) is 0 Å². The minimum Gasteiger partial charge on any atom is -0.480 e. The van der Waals surface area contributed by atoms with E-state index in [1.807, 2.05) is 60.3 Å². The van der Waals surface area contributed by atoms with Crippen LogP contribution >= 0.6 is 0 Å². The Morgan fingerprint density at radius 1 is 1.19 bits per heavy atom. The number of hydrogen-bond acceptors (Lipinski definition) is 2. The average Bonchev–Trinajstić information content (AvgIpc) is 3.04. The first-order valence-electron chi connectivity index (χ1n) is 8.56. The Balaban J connectivity index is 1.62. The maximum atomic E-state index is 12.2. The molecule has 0 aliphatic heterocycles. The van der Waals surface area contributed by atoms with Crippen molar-refractivity contribution < 1.29 is 19.3 Å². The van der Waals surface area contributed by atoms with Gasteiger partial charge in [-0.05, 0) is 24.1 Å². The molecule has 26 heavy (non-hydrogen) atoms. The summed E-state index contributed by atoms with van der Waals surface area (Å²) in [6, 6.07) is 10.7. The number of nitrogens with one attached hydrogen (secondary N) is 2. The van der Waals surface area contributed by atoms with Crippen molar-refractivity contribution >= 4 is 22.8 Å². The fraction of sp³-hybridized carbons (Fsp3) is 0.250. The molecule has 0 bridgehead atoms. The summed E-state index contributed by atoms with van der Waals surface area (Å²) in [6.07, 6.45) is 6.08. The number of aromatic amines is 1. The summed E-state index contributed by atoms with van der Waals surface area (Å²) in [6.45, 7) is 2.50. The highest BCUT2D eigenvalue weighted by molar-refractivity contribution is 5.86. The van der Waals surface area contributed by atoms with Gasteiger partial charge in [-0.3, -0.25) is 4.79 Å². The molecule has 1 unspecified atom stereocenters. The standard InChI is InChI=1S/C20H21N3O3/c1-14-6-9-23(10-7-14)11-8-19(24)22-18(20(25)26)12-15-13-21-17-5-3-2-4-16(15)17/h2-7,9-10,13,18,21H,8,11-12H2,1H3,(H-,22,24,25,26)/p+1. The number of carbonyl (C=O) groups excluding carboxylic acids is 1. The highest BCUT2D eigenvalue weighted by Gasteiger charge is 2.22. The Morgan fingerprint density at radius 2 is 1.92 bits per heavy atom. The third-order valence-corrected chi connectivity index (χ3v) is 4.39. The number of hydrogen-bond donors (Lipinski definition) is 3. The maximum Gasteiger partial charge on any atom is 0.326 e. The van der Waals surface area contributed by atoms with Crippen molar-refractivity contribution in [1.29, 1.82) is 0 Å². The van der Waals surface area contributed by atoms with Gasteiger partial charge in [-0.1, -0.05) is 18.2 Å². The fourth-order valence-corrected chi connectivity index (χ4v) is 2.90. The van der Waals surface area contributed by atoms with Crippen LogP contribution in [0.1, 0.15) is 17.5 Å². The molecule has 0 radical (unpaired) electrons. The van der Waals surface area contributed by atoms with Gasteiger partial charge in [-0.15, -0.1) is 0 Å². The predicted molar refractivity (Wildman–Crippen MR) is 97.6 cm³/mol. The third-order valence-electron chi connectivity index (χ3n) is 4.39. The van der Waals surface area contributed by atoms with Crippen LogP contribution < -0.4 is 9.88 Å². The molecule has 2 aromatic heterocycles. The van der Waals surface area contributed by atoms with Crippen LogP contribution in [0.25, 0.3) is 10.9 Å². The second-order valence-corrected chi connectivity index (χ2v) is 6.39. The minimum absolute atomic E-state index is 0.228. The molecule has 0 fully saturated rings. The number of aliphatic carboxylic acids is 1. The molecule has 0 saturated carbocycles. The molecule has 0 spiro atoms. The van der Waals surface area contributed by atoms with Crippen molar-refractivity contribution in [3.63, 3.8) is 0 Å². The number of benzene rings is 1. The Labute approximate surface area is 151 Å². The zero-order valence-electron chi connectivity index (χ0n) is 14.6. The summed E-state index contributed by atoms with van der Waals surface area (Å²) in [4.78, 5) is 26.9. The molecule has 2 heterocycles. The number of aryl methyl sites for hydroxylation is 2. The Bertz CT molecular complexity index is 915. The first-order valence-corrected chi connectivity index (χ1v) is 8.56. The summed E-state index contributed by atoms with van der Waals surface area (Å²) < 4.78 is 1.90. The predicted octanol–water partition coefficient (Wildman–Crippen LogP) is 1.97. The van der Waals surface area contributed by atoms with Gasteiger partial charge in [0.15, 0.2) is 18.9 Å². The summed E-state index contributed by atoms with van der Waals surface area (Å²) in [7, 11) is 0. The van der Waals surface area contributed by atoms with Gasteiger partial charge < -0.3 is 15.4 Å². The highest BCUT2D eigenvalue weighted by Crippen LogP contribution is 2.19. The third kappa shape index (κ3) is 4.27. The number of carboxylic acids is 1.